The first-order valence-electron chi connectivity index (χ1n) is 19.4. The number of nitrogens with zero attached hydrogens (tertiary/aromatic N) is 9. The van der Waals surface area contributed by atoms with Crippen molar-refractivity contribution < 1.29 is 23.6 Å². The molecule has 2 aromatic carbocycles. The van der Waals surface area contributed by atoms with Crippen LogP contribution in [0.25, 0.3) is 27.7 Å². The van der Waals surface area contributed by atoms with Gasteiger partial charge in [-0.3, -0.25) is 24.5 Å². The number of rotatable bonds is 11. The predicted octanol–water partition coefficient (Wildman–Crippen LogP) is 5.30. The molecule has 6 heterocycles. The third kappa shape index (κ3) is 7.94. The summed E-state index contributed by atoms with van der Waals surface area (Å²) in [5.41, 5.74) is 6.47. The summed E-state index contributed by atoms with van der Waals surface area (Å²) >= 11 is 0. The number of amides is 4. The molecule has 2 N–H and O–H groups in total. The van der Waals surface area contributed by atoms with Crippen LogP contribution in [0, 0.1) is 6.92 Å². The number of urea groups is 1. The van der Waals surface area contributed by atoms with Crippen LogP contribution >= 0.6 is 0 Å². The van der Waals surface area contributed by atoms with Crippen molar-refractivity contribution in [1.82, 2.24) is 50.1 Å². The van der Waals surface area contributed by atoms with E-state index >= 15 is 0 Å². The van der Waals surface area contributed by atoms with Crippen LogP contribution in [0.2, 0.25) is 0 Å². The van der Waals surface area contributed by atoms with Crippen LogP contribution in [-0.2, 0) is 23.8 Å². The normalized spacial score (nSPS) is 15.8. The third-order valence-electron chi connectivity index (χ3n) is 10.8. The van der Waals surface area contributed by atoms with Gasteiger partial charge in [-0.25, -0.2) is 14.3 Å². The zero-order chi connectivity index (χ0) is 39.8. The number of hydrogen-bond donors (Lipinski definition) is 2. The number of carbonyl (C=O) groups excluding carboxylic acids is 3. The molecule has 0 bridgehead atoms. The summed E-state index contributed by atoms with van der Waals surface area (Å²) in [6.45, 7) is 12.1. The zero-order valence-electron chi connectivity index (χ0n) is 32.9. The van der Waals surface area contributed by atoms with E-state index in [4.69, 9.17) is 9.26 Å². The van der Waals surface area contributed by atoms with Crippen molar-refractivity contribution in [3.63, 3.8) is 0 Å². The zero-order valence-corrected chi connectivity index (χ0v) is 32.9. The molecule has 6 aromatic rings. The summed E-state index contributed by atoms with van der Waals surface area (Å²) in [4.78, 5) is 49.7. The maximum atomic E-state index is 12.7. The van der Waals surface area contributed by atoms with Gasteiger partial charge in [0.05, 0.1) is 29.5 Å². The summed E-state index contributed by atoms with van der Waals surface area (Å²) in [6, 6.07) is 14.0. The fraction of sp³-hybridized carbons (Fsp3) is 0.415. The fourth-order valence-electron chi connectivity index (χ4n) is 7.57. The van der Waals surface area contributed by atoms with Crippen LogP contribution in [0.4, 0.5) is 10.6 Å². The molecule has 2 aliphatic heterocycles. The Hall–Kier alpha value is -6.16. The van der Waals surface area contributed by atoms with Crippen molar-refractivity contribution in [1.29, 1.82) is 0 Å². The number of aromatic nitrogens is 7. The molecule has 16 nitrogen and oxygen atoms in total. The Labute approximate surface area is 329 Å². The molecule has 2 aliphatic rings. The molecular formula is C41H47N11O5. The minimum Gasteiger partial charge on any atom is -0.492 e. The number of likely N-dealkylation sites (tertiary alicyclic amines) is 1. The molecule has 16 heteroatoms. The van der Waals surface area contributed by atoms with E-state index in [0.29, 0.717) is 37.3 Å². The van der Waals surface area contributed by atoms with Gasteiger partial charge in [0.2, 0.25) is 11.8 Å². The van der Waals surface area contributed by atoms with Crippen LogP contribution in [0.5, 0.6) is 5.75 Å². The van der Waals surface area contributed by atoms with Gasteiger partial charge in [-0.2, -0.15) is 15.2 Å². The van der Waals surface area contributed by atoms with E-state index in [1.807, 2.05) is 63.8 Å². The van der Waals surface area contributed by atoms with Crippen LogP contribution in [0.1, 0.15) is 85.6 Å². The lowest BCUT2D eigenvalue weighted by Gasteiger charge is -2.32. The van der Waals surface area contributed by atoms with E-state index in [1.165, 1.54) is 5.56 Å². The molecule has 0 spiro atoms. The standard InChI is InChI=1S/C41H47N11O5/c1-25-19-28(7-8-29(25)22-42-38(54)36-46-39(57-48-36)41(2,3)4)35-33-21-30(23-52(33)44-24-43-35)56-18-6-14-50-15-11-26(12-16-50)27-9-10-31-32(20-27)49(5)47-37(31)51-17-13-34(53)45-40(51)55/h7-10,19-21,23-24,26H,6,11-18,22H2,1-5H3,(H,42,54)(H,45,53,55). The Morgan fingerprint density at radius 3 is 2.63 bits per heavy atom. The SMILES string of the molecule is Cc1cc(-c2ncnn3cc(OCCCN4CCC(c5ccc6c(N7CCC(=O)NC7=O)nn(C)c6c5)CC4)cc23)ccc1CNC(=O)c1noc(C(C)(C)C)n1. The van der Waals surface area contributed by atoms with Gasteiger partial charge in [0, 0.05) is 55.5 Å². The molecule has 0 aliphatic carbocycles. The average molecular weight is 774 g/mol. The highest BCUT2D eigenvalue weighted by atomic mass is 16.5. The van der Waals surface area contributed by atoms with E-state index in [9.17, 15) is 14.4 Å². The van der Waals surface area contributed by atoms with Gasteiger partial charge in [-0.05, 0) is 80.1 Å². The number of ether oxygens (including phenoxy) is 1. The molecule has 8 rings (SSSR count). The average Bonchev–Trinajstić information content (AvgIpc) is 3.94. The highest BCUT2D eigenvalue weighted by Gasteiger charge is 2.29. The fourth-order valence-corrected chi connectivity index (χ4v) is 7.57. The first-order chi connectivity index (χ1) is 27.4. The predicted molar refractivity (Wildman–Crippen MR) is 212 cm³/mol. The van der Waals surface area contributed by atoms with Gasteiger partial charge >= 0.3 is 6.03 Å². The Balaban J connectivity index is 0.821. The van der Waals surface area contributed by atoms with E-state index in [0.717, 1.165) is 83.5 Å². The van der Waals surface area contributed by atoms with Gasteiger partial charge in [-0.1, -0.05) is 44.1 Å². The maximum absolute atomic E-state index is 12.7. The minimum absolute atomic E-state index is 0.0187. The number of fused-ring (bicyclic) bond motifs is 2. The molecule has 296 valence electrons. The van der Waals surface area contributed by atoms with Crippen LogP contribution in [0.3, 0.4) is 0 Å². The van der Waals surface area contributed by atoms with Crippen LogP contribution < -0.4 is 20.3 Å². The van der Waals surface area contributed by atoms with Gasteiger partial charge in [0.15, 0.2) is 5.82 Å². The Bertz CT molecular complexity index is 2470. The molecule has 0 atom stereocenters. The molecule has 0 radical (unpaired) electrons. The summed E-state index contributed by atoms with van der Waals surface area (Å²) in [7, 11) is 1.89. The minimum atomic E-state index is -0.424. The van der Waals surface area contributed by atoms with E-state index < -0.39 is 6.03 Å². The topological polar surface area (TPSA) is 178 Å². The number of benzene rings is 2. The van der Waals surface area contributed by atoms with Crippen molar-refractivity contribution >= 4 is 40.1 Å². The van der Waals surface area contributed by atoms with Gasteiger partial charge in [-0.15, -0.1) is 0 Å². The molecule has 0 saturated carbocycles. The Morgan fingerprint density at radius 2 is 1.88 bits per heavy atom. The largest absolute Gasteiger partial charge is 0.492 e. The highest BCUT2D eigenvalue weighted by molar-refractivity contribution is 6.08. The summed E-state index contributed by atoms with van der Waals surface area (Å²) in [6.07, 6.45) is 6.72. The monoisotopic (exact) mass is 773 g/mol. The van der Waals surface area contributed by atoms with E-state index in [-0.39, 0.29) is 29.5 Å². The summed E-state index contributed by atoms with van der Waals surface area (Å²) in [5.74, 6) is 1.56. The van der Waals surface area contributed by atoms with Gasteiger partial charge in [0.25, 0.3) is 11.7 Å². The molecule has 0 unspecified atom stereocenters. The van der Waals surface area contributed by atoms with Gasteiger partial charge in [0.1, 0.15) is 12.1 Å². The van der Waals surface area contributed by atoms with Crippen molar-refractivity contribution in [2.45, 2.75) is 71.3 Å². The van der Waals surface area contributed by atoms with Crippen LogP contribution in [0.15, 0.2) is 59.5 Å². The molecule has 4 aromatic heterocycles. The second-order valence-electron chi connectivity index (χ2n) is 15.9. The maximum Gasteiger partial charge on any atom is 0.329 e. The number of nitrogens with one attached hydrogen (secondary N) is 2. The number of anilines is 1. The number of carbonyl (C=O) groups is 3. The van der Waals surface area contributed by atoms with Crippen molar-refractivity contribution in [2.24, 2.45) is 7.05 Å². The lowest BCUT2D eigenvalue weighted by atomic mass is 9.89. The first-order valence-corrected chi connectivity index (χ1v) is 19.4. The molecule has 2 fully saturated rings. The van der Waals surface area contributed by atoms with Crippen molar-refractivity contribution in [2.75, 3.05) is 37.7 Å². The second-order valence-corrected chi connectivity index (χ2v) is 15.9. The quantitative estimate of drug-likeness (QED) is 0.163. The molecule has 4 amide bonds. The summed E-state index contributed by atoms with van der Waals surface area (Å²) in [5, 5.41) is 19.1. The second kappa shape index (κ2) is 15.4. The molecule has 2 saturated heterocycles. The lowest BCUT2D eigenvalue weighted by Crippen LogP contribution is -2.49. The highest BCUT2D eigenvalue weighted by Crippen LogP contribution is 2.34. The van der Waals surface area contributed by atoms with Crippen molar-refractivity contribution in [3.8, 4) is 17.0 Å². The van der Waals surface area contributed by atoms with Crippen molar-refractivity contribution in [3.05, 3.63) is 83.4 Å². The lowest BCUT2D eigenvalue weighted by molar-refractivity contribution is -0.120. The third-order valence-corrected chi connectivity index (χ3v) is 10.8. The van der Waals surface area contributed by atoms with Crippen LogP contribution in [-0.4, -0.2) is 90.1 Å². The molecule has 57 heavy (non-hydrogen) atoms. The van der Waals surface area contributed by atoms with Gasteiger partial charge < -0.3 is 19.5 Å². The number of imide groups is 1. The Kier molecular flexibility index (Phi) is 10.2. The molecular weight excluding hydrogens is 727 g/mol. The van der Waals surface area contributed by atoms with E-state index in [1.54, 1.807) is 15.7 Å². The van der Waals surface area contributed by atoms with E-state index in [2.05, 4.69) is 65.1 Å². The smallest absolute Gasteiger partial charge is 0.329 e. The first kappa shape index (κ1) is 37.7. The number of piperidine rings is 1. The number of hydrogen-bond acceptors (Lipinski definition) is 11. The number of aryl methyl sites for hydroxylation is 2. The Morgan fingerprint density at radius 1 is 1.05 bits per heavy atom. The summed E-state index contributed by atoms with van der Waals surface area (Å²) < 4.78 is 15.1.